The van der Waals surface area contributed by atoms with Crippen molar-refractivity contribution in [1.82, 2.24) is 24.3 Å². The first-order chi connectivity index (χ1) is 16.0. The molecule has 33 heavy (non-hydrogen) atoms. The molecule has 8 heteroatoms. The van der Waals surface area contributed by atoms with E-state index in [9.17, 15) is 9.59 Å². The maximum Gasteiger partial charge on any atom is 0.242 e. The number of rotatable bonds is 6. The van der Waals surface area contributed by atoms with Crippen molar-refractivity contribution in [2.45, 2.75) is 45.8 Å². The minimum absolute atomic E-state index is 0.00905. The molecule has 1 atom stereocenters. The van der Waals surface area contributed by atoms with Crippen molar-refractivity contribution in [3.63, 3.8) is 0 Å². The highest BCUT2D eigenvalue weighted by atomic mass is 16.5. The Balaban J connectivity index is 1.32. The second kappa shape index (κ2) is 8.84. The predicted molar refractivity (Wildman–Crippen MR) is 124 cm³/mol. The van der Waals surface area contributed by atoms with Crippen molar-refractivity contribution in [3.05, 3.63) is 53.5 Å². The fourth-order valence-corrected chi connectivity index (χ4v) is 4.83. The number of benzene rings is 1. The monoisotopic (exact) mass is 447 g/mol. The van der Waals surface area contributed by atoms with Gasteiger partial charge >= 0.3 is 0 Å². The number of amides is 2. The molecule has 0 bridgehead atoms. The number of likely N-dealkylation sites (tertiary alicyclic amines) is 2. The van der Waals surface area contributed by atoms with Crippen molar-refractivity contribution in [3.8, 4) is 5.88 Å². The van der Waals surface area contributed by atoms with Crippen LogP contribution in [0.25, 0.3) is 11.0 Å². The summed E-state index contributed by atoms with van der Waals surface area (Å²) in [6.45, 7) is 6.89. The van der Waals surface area contributed by atoms with Gasteiger partial charge in [0.1, 0.15) is 18.1 Å². The van der Waals surface area contributed by atoms with Gasteiger partial charge in [-0.25, -0.2) is 9.97 Å². The molecule has 2 aliphatic heterocycles. The number of hydrogen-bond acceptors (Lipinski definition) is 5. The number of aryl methyl sites for hydroxylation is 1. The molecular formula is C25H29N5O3. The van der Waals surface area contributed by atoms with Crippen LogP contribution in [0.4, 0.5) is 0 Å². The molecule has 2 amide bonds. The smallest absolute Gasteiger partial charge is 0.242 e. The average molecular weight is 448 g/mol. The van der Waals surface area contributed by atoms with Crippen LogP contribution in [0.1, 0.15) is 36.1 Å². The maximum atomic E-state index is 12.7. The van der Waals surface area contributed by atoms with Crippen LogP contribution in [0.2, 0.25) is 0 Å². The normalized spacial score (nSPS) is 18.5. The standard InChI is InChI=1S/C25H29N5O3/c1-17-18(2)30(13-19-7-4-3-5-8-19)24-23(17)25(27-16-26-24)33-20-10-12-29(14-20)22(32)15-28-11-6-9-21(28)31/h3-5,7-8,16,20H,6,9-15H2,1-2H3. The zero-order chi connectivity index (χ0) is 22.9. The Morgan fingerprint density at radius 1 is 1.15 bits per heavy atom. The number of carbonyl (C=O) groups is 2. The largest absolute Gasteiger partial charge is 0.472 e. The molecule has 1 aromatic carbocycles. The molecule has 5 rings (SSSR count). The second-order valence-electron chi connectivity index (χ2n) is 8.95. The van der Waals surface area contributed by atoms with E-state index >= 15 is 0 Å². The van der Waals surface area contributed by atoms with E-state index < -0.39 is 0 Å². The molecule has 3 aromatic rings. The van der Waals surface area contributed by atoms with E-state index in [-0.39, 0.29) is 24.5 Å². The van der Waals surface area contributed by atoms with E-state index in [2.05, 4.69) is 40.5 Å². The van der Waals surface area contributed by atoms with Crippen LogP contribution in [0, 0.1) is 13.8 Å². The zero-order valence-electron chi connectivity index (χ0n) is 19.2. The van der Waals surface area contributed by atoms with Crippen molar-refractivity contribution in [2.24, 2.45) is 0 Å². The summed E-state index contributed by atoms with van der Waals surface area (Å²) in [5.74, 6) is 0.635. The highest BCUT2D eigenvalue weighted by Crippen LogP contribution is 2.32. The first-order valence-corrected chi connectivity index (χ1v) is 11.6. The maximum absolute atomic E-state index is 12.7. The van der Waals surface area contributed by atoms with Crippen LogP contribution < -0.4 is 4.74 Å². The third kappa shape index (κ3) is 4.17. The van der Waals surface area contributed by atoms with Gasteiger partial charge in [-0.15, -0.1) is 0 Å². The number of hydrogen-bond donors (Lipinski definition) is 0. The lowest BCUT2D eigenvalue weighted by Gasteiger charge is -2.21. The average Bonchev–Trinajstić information content (AvgIpc) is 3.51. The van der Waals surface area contributed by atoms with Gasteiger partial charge in [-0.05, 0) is 31.4 Å². The van der Waals surface area contributed by atoms with Gasteiger partial charge in [-0.3, -0.25) is 9.59 Å². The summed E-state index contributed by atoms with van der Waals surface area (Å²) in [6.07, 6.45) is 3.55. The summed E-state index contributed by atoms with van der Waals surface area (Å²) >= 11 is 0. The Kier molecular flexibility index (Phi) is 5.74. The van der Waals surface area contributed by atoms with Gasteiger partial charge in [0.25, 0.3) is 0 Å². The van der Waals surface area contributed by atoms with Gasteiger partial charge in [0.05, 0.1) is 18.5 Å². The third-order valence-corrected chi connectivity index (χ3v) is 6.83. The van der Waals surface area contributed by atoms with Crippen LogP contribution in [-0.2, 0) is 16.1 Å². The van der Waals surface area contributed by atoms with E-state index in [0.29, 0.717) is 31.9 Å². The SMILES string of the molecule is Cc1c(C)n(Cc2ccccc2)c2ncnc(OC3CCN(C(=O)CN4CCCC4=O)C3)c12. The number of fused-ring (bicyclic) bond motifs is 1. The Hall–Kier alpha value is -3.42. The molecule has 2 fully saturated rings. The Bertz CT molecular complexity index is 1190. The van der Waals surface area contributed by atoms with Crippen LogP contribution in [0.5, 0.6) is 5.88 Å². The lowest BCUT2D eigenvalue weighted by Crippen LogP contribution is -2.40. The highest BCUT2D eigenvalue weighted by molar-refractivity contribution is 5.87. The van der Waals surface area contributed by atoms with E-state index in [1.165, 1.54) is 5.56 Å². The molecule has 0 radical (unpaired) electrons. The summed E-state index contributed by atoms with van der Waals surface area (Å²) in [5.41, 5.74) is 4.31. The molecule has 0 saturated carbocycles. The number of carbonyl (C=O) groups excluding carboxylic acids is 2. The molecule has 1 unspecified atom stereocenters. The number of aromatic nitrogens is 3. The molecule has 4 heterocycles. The van der Waals surface area contributed by atoms with Crippen molar-refractivity contribution < 1.29 is 14.3 Å². The summed E-state index contributed by atoms with van der Waals surface area (Å²) in [5, 5.41) is 0.929. The van der Waals surface area contributed by atoms with Crippen LogP contribution in [0.3, 0.4) is 0 Å². The Morgan fingerprint density at radius 2 is 1.97 bits per heavy atom. The van der Waals surface area contributed by atoms with Gasteiger partial charge in [0, 0.05) is 38.2 Å². The minimum Gasteiger partial charge on any atom is -0.472 e. The number of nitrogens with zero attached hydrogens (tertiary/aromatic N) is 5. The first-order valence-electron chi connectivity index (χ1n) is 11.6. The zero-order valence-corrected chi connectivity index (χ0v) is 19.2. The Labute approximate surface area is 193 Å². The predicted octanol–water partition coefficient (Wildman–Crippen LogP) is 2.70. The molecule has 172 valence electrons. The van der Waals surface area contributed by atoms with E-state index in [0.717, 1.165) is 41.7 Å². The van der Waals surface area contributed by atoms with E-state index in [1.54, 1.807) is 16.1 Å². The molecule has 2 aromatic heterocycles. The summed E-state index contributed by atoms with van der Waals surface area (Å²) < 4.78 is 8.52. The molecule has 0 spiro atoms. The quantitative estimate of drug-likeness (QED) is 0.580. The van der Waals surface area contributed by atoms with Crippen molar-refractivity contribution in [2.75, 3.05) is 26.2 Å². The van der Waals surface area contributed by atoms with Gasteiger partial charge in [-0.2, -0.15) is 0 Å². The van der Waals surface area contributed by atoms with E-state index in [1.807, 2.05) is 18.2 Å². The lowest BCUT2D eigenvalue weighted by atomic mass is 10.2. The molecular weight excluding hydrogens is 418 g/mol. The Morgan fingerprint density at radius 3 is 2.73 bits per heavy atom. The van der Waals surface area contributed by atoms with Gasteiger partial charge in [0.15, 0.2) is 0 Å². The molecule has 8 nitrogen and oxygen atoms in total. The van der Waals surface area contributed by atoms with Crippen LogP contribution in [-0.4, -0.2) is 68.4 Å². The fourth-order valence-electron chi connectivity index (χ4n) is 4.83. The third-order valence-electron chi connectivity index (χ3n) is 6.83. The molecule has 2 aliphatic rings. The van der Waals surface area contributed by atoms with E-state index in [4.69, 9.17) is 4.74 Å². The fraction of sp³-hybridized carbons (Fsp3) is 0.440. The van der Waals surface area contributed by atoms with Gasteiger partial charge in [-0.1, -0.05) is 30.3 Å². The topological polar surface area (TPSA) is 80.6 Å². The molecule has 0 N–H and O–H groups in total. The van der Waals surface area contributed by atoms with Crippen molar-refractivity contribution in [1.29, 1.82) is 0 Å². The summed E-state index contributed by atoms with van der Waals surface area (Å²) in [7, 11) is 0. The number of ether oxygens (including phenoxy) is 1. The summed E-state index contributed by atoms with van der Waals surface area (Å²) in [6, 6.07) is 10.3. The molecule has 0 aliphatic carbocycles. The second-order valence-corrected chi connectivity index (χ2v) is 8.95. The minimum atomic E-state index is -0.126. The highest BCUT2D eigenvalue weighted by Gasteiger charge is 2.31. The van der Waals surface area contributed by atoms with Gasteiger partial charge in [0.2, 0.25) is 17.7 Å². The van der Waals surface area contributed by atoms with Gasteiger partial charge < -0.3 is 19.1 Å². The lowest BCUT2D eigenvalue weighted by molar-refractivity contribution is -0.137. The first kappa shape index (κ1) is 21.4. The molecule has 2 saturated heterocycles. The van der Waals surface area contributed by atoms with Crippen molar-refractivity contribution >= 4 is 22.8 Å². The van der Waals surface area contributed by atoms with Crippen LogP contribution in [0.15, 0.2) is 36.7 Å². The summed E-state index contributed by atoms with van der Waals surface area (Å²) in [4.78, 5) is 37.0. The van der Waals surface area contributed by atoms with Crippen LogP contribution >= 0.6 is 0 Å².